The van der Waals surface area contributed by atoms with Crippen molar-refractivity contribution in [2.75, 3.05) is 31.6 Å². The van der Waals surface area contributed by atoms with Gasteiger partial charge in [-0.05, 0) is 43.9 Å². The van der Waals surface area contributed by atoms with Gasteiger partial charge in [0.15, 0.2) is 0 Å². The highest BCUT2D eigenvalue weighted by atomic mass is 35.5. The van der Waals surface area contributed by atoms with Crippen LogP contribution in [0.25, 0.3) is 0 Å². The number of ether oxygens (including phenoxy) is 1. The van der Waals surface area contributed by atoms with E-state index in [-0.39, 0.29) is 12.1 Å². The molecule has 0 saturated carbocycles. The maximum atomic E-state index is 12.1. The zero-order chi connectivity index (χ0) is 16.9. The Hall–Kier alpha value is -1.01. The van der Waals surface area contributed by atoms with Crippen molar-refractivity contribution in [2.24, 2.45) is 0 Å². The molecule has 7 heteroatoms. The molecule has 2 aliphatic heterocycles. The molecule has 1 aromatic rings. The van der Waals surface area contributed by atoms with Gasteiger partial charge in [0.1, 0.15) is 0 Å². The van der Waals surface area contributed by atoms with Crippen molar-refractivity contribution in [3.63, 3.8) is 0 Å². The van der Waals surface area contributed by atoms with Crippen LogP contribution in [0.15, 0.2) is 18.2 Å². The monoisotopic (exact) mass is 371 g/mol. The predicted molar refractivity (Wildman–Crippen MR) is 97.1 cm³/mol. The molecule has 2 N–H and O–H groups in total. The van der Waals surface area contributed by atoms with Crippen molar-refractivity contribution in [1.82, 2.24) is 10.2 Å². The van der Waals surface area contributed by atoms with E-state index in [4.69, 9.17) is 27.9 Å². The first-order valence-corrected chi connectivity index (χ1v) is 9.22. The van der Waals surface area contributed by atoms with Crippen LogP contribution in [-0.2, 0) is 4.74 Å². The second-order valence-electron chi connectivity index (χ2n) is 6.38. The number of benzene rings is 1. The van der Waals surface area contributed by atoms with Crippen molar-refractivity contribution >= 4 is 34.9 Å². The lowest BCUT2D eigenvalue weighted by Gasteiger charge is -2.39. The maximum Gasteiger partial charge on any atom is 0.319 e. The van der Waals surface area contributed by atoms with E-state index in [2.05, 4.69) is 15.5 Å². The highest BCUT2D eigenvalue weighted by Crippen LogP contribution is 2.25. The Morgan fingerprint density at radius 3 is 2.46 bits per heavy atom. The van der Waals surface area contributed by atoms with E-state index in [0.29, 0.717) is 21.8 Å². The van der Waals surface area contributed by atoms with Crippen LogP contribution in [0, 0.1) is 0 Å². The number of likely N-dealkylation sites (tertiary alicyclic amines) is 1. The van der Waals surface area contributed by atoms with Crippen molar-refractivity contribution in [3.05, 3.63) is 28.2 Å². The van der Waals surface area contributed by atoms with E-state index < -0.39 is 0 Å². The second kappa shape index (κ2) is 8.39. The van der Waals surface area contributed by atoms with Crippen molar-refractivity contribution < 1.29 is 9.53 Å². The van der Waals surface area contributed by atoms with Crippen LogP contribution in [0.5, 0.6) is 0 Å². The Kier molecular flexibility index (Phi) is 6.22. The number of anilines is 1. The summed E-state index contributed by atoms with van der Waals surface area (Å²) in [6, 6.07) is 5.72. The second-order valence-corrected chi connectivity index (χ2v) is 7.20. The molecular formula is C17H23Cl2N3O2. The van der Waals surface area contributed by atoms with E-state index in [9.17, 15) is 4.79 Å². The Bertz CT molecular complexity index is 571. The average Bonchev–Trinajstić information content (AvgIpc) is 2.59. The topological polar surface area (TPSA) is 53.6 Å². The van der Waals surface area contributed by atoms with Gasteiger partial charge in [-0.2, -0.15) is 0 Å². The van der Waals surface area contributed by atoms with Crippen molar-refractivity contribution in [2.45, 2.75) is 37.8 Å². The summed E-state index contributed by atoms with van der Waals surface area (Å²) >= 11 is 11.8. The molecule has 0 atom stereocenters. The normalized spacial score (nSPS) is 20.8. The first kappa shape index (κ1) is 17.8. The smallest absolute Gasteiger partial charge is 0.319 e. The fraction of sp³-hybridized carbons (Fsp3) is 0.588. The molecule has 0 spiro atoms. The molecule has 2 saturated heterocycles. The highest BCUT2D eigenvalue weighted by Gasteiger charge is 2.27. The summed E-state index contributed by atoms with van der Waals surface area (Å²) in [6.45, 7) is 3.80. The van der Waals surface area contributed by atoms with Crippen LogP contribution >= 0.6 is 23.2 Å². The Morgan fingerprint density at radius 2 is 1.79 bits per heavy atom. The molecule has 0 radical (unpaired) electrons. The van der Waals surface area contributed by atoms with Crippen LogP contribution in [0.3, 0.4) is 0 Å². The SMILES string of the molecule is O=C(Nc1ccc(Cl)c(Cl)c1)NC1CCN(C2CCOCC2)CC1. The number of carbonyl (C=O) groups is 1. The quantitative estimate of drug-likeness (QED) is 0.850. The minimum Gasteiger partial charge on any atom is -0.381 e. The molecule has 1 aromatic carbocycles. The van der Waals surface area contributed by atoms with E-state index >= 15 is 0 Å². The zero-order valence-electron chi connectivity index (χ0n) is 13.6. The summed E-state index contributed by atoms with van der Waals surface area (Å²) < 4.78 is 5.43. The molecule has 0 bridgehead atoms. The summed E-state index contributed by atoms with van der Waals surface area (Å²) in [5, 5.41) is 6.76. The van der Waals surface area contributed by atoms with Gasteiger partial charge in [-0.3, -0.25) is 0 Å². The molecule has 2 heterocycles. The number of piperidine rings is 1. The molecule has 0 unspecified atom stereocenters. The third kappa shape index (κ3) is 4.76. The molecule has 2 fully saturated rings. The summed E-state index contributed by atoms with van der Waals surface area (Å²) in [5.41, 5.74) is 0.640. The van der Waals surface area contributed by atoms with Gasteiger partial charge in [0.2, 0.25) is 0 Å². The first-order valence-electron chi connectivity index (χ1n) is 8.46. The van der Waals surface area contributed by atoms with Gasteiger partial charge < -0.3 is 20.3 Å². The van der Waals surface area contributed by atoms with Gasteiger partial charge in [-0.1, -0.05) is 23.2 Å². The Labute approximate surface area is 152 Å². The lowest BCUT2D eigenvalue weighted by molar-refractivity contribution is 0.0244. The van der Waals surface area contributed by atoms with Crippen molar-refractivity contribution in [3.8, 4) is 0 Å². The predicted octanol–water partition coefficient (Wildman–Crippen LogP) is 3.76. The summed E-state index contributed by atoms with van der Waals surface area (Å²) in [6.07, 6.45) is 4.20. The number of rotatable bonds is 3. The van der Waals surface area contributed by atoms with Crippen molar-refractivity contribution in [1.29, 1.82) is 0 Å². The standard InChI is InChI=1S/C17H23Cl2N3O2/c18-15-2-1-13(11-16(15)19)21-17(23)20-12-3-7-22(8-4-12)14-5-9-24-10-6-14/h1-2,11-12,14H,3-10H2,(H2,20,21,23). The number of amides is 2. The number of nitrogens with one attached hydrogen (secondary N) is 2. The zero-order valence-corrected chi connectivity index (χ0v) is 15.1. The van der Waals surface area contributed by atoms with E-state index in [1.165, 1.54) is 0 Å². The fourth-order valence-corrected chi connectivity index (χ4v) is 3.68. The van der Waals surface area contributed by atoms with Gasteiger partial charge in [0.05, 0.1) is 10.0 Å². The molecule has 132 valence electrons. The lowest BCUT2D eigenvalue weighted by Crippen LogP contribution is -2.49. The van der Waals surface area contributed by atoms with Gasteiger partial charge >= 0.3 is 6.03 Å². The number of hydrogen-bond donors (Lipinski definition) is 2. The number of nitrogens with zero attached hydrogens (tertiary/aromatic N) is 1. The summed E-state index contributed by atoms with van der Waals surface area (Å²) in [4.78, 5) is 14.7. The summed E-state index contributed by atoms with van der Waals surface area (Å²) in [5.74, 6) is 0. The van der Waals surface area contributed by atoms with E-state index in [0.717, 1.165) is 52.0 Å². The third-order valence-electron chi connectivity index (χ3n) is 4.75. The first-order chi connectivity index (χ1) is 11.6. The van der Waals surface area contributed by atoms with Crippen LogP contribution in [-0.4, -0.2) is 49.3 Å². The van der Waals surface area contributed by atoms with E-state index in [1.807, 2.05) is 0 Å². The van der Waals surface area contributed by atoms with Crippen LogP contribution in [0.2, 0.25) is 10.0 Å². The molecule has 24 heavy (non-hydrogen) atoms. The number of carbonyl (C=O) groups excluding carboxylic acids is 1. The third-order valence-corrected chi connectivity index (χ3v) is 5.49. The van der Waals surface area contributed by atoms with Crippen LogP contribution in [0.1, 0.15) is 25.7 Å². The largest absolute Gasteiger partial charge is 0.381 e. The van der Waals surface area contributed by atoms with Gasteiger partial charge in [-0.15, -0.1) is 0 Å². The number of urea groups is 1. The Balaban J connectivity index is 1.43. The molecule has 0 aromatic heterocycles. The van der Waals surface area contributed by atoms with Crippen LogP contribution < -0.4 is 10.6 Å². The van der Waals surface area contributed by atoms with Crippen LogP contribution in [0.4, 0.5) is 10.5 Å². The minimum atomic E-state index is -0.196. The summed E-state index contributed by atoms with van der Waals surface area (Å²) in [7, 11) is 0. The highest BCUT2D eigenvalue weighted by molar-refractivity contribution is 6.42. The minimum absolute atomic E-state index is 0.196. The molecule has 0 aliphatic carbocycles. The molecule has 5 nitrogen and oxygen atoms in total. The van der Waals surface area contributed by atoms with Gasteiger partial charge in [0, 0.05) is 44.1 Å². The number of halogens is 2. The molecule has 2 amide bonds. The molecule has 3 rings (SSSR count). The molecular weight excluding hydrogens is 349 g/mol. The Morgan fingerprint density at radius 1 is 1.08 bits per heavy atom. The lowest BCUT2D eigenvalue weighted by atomic mass is 10.00. The maximum absolute atomic E-state index is 12.1. The number of hydrogen-bond acceptors (Lipinski definition) is 3. The van der Waals surface area contributed by atoms with Gasteiger partial charge in [0.25, 0.3) is 0 Å². The average molecular weight is 372 g/mol. The molecule has 2 aliphatic rings. The van der Waals surface area contributed by atoms with E-state index in [1.54, 1.807) is 18.2 Å². The van der Waals surface area contributed by atoms with Gasteiger partial charge in [-0.25, -0.2) is 4.79 Å². The fourth-order valence-electron chi connectivity index (χ4n) is 3.39.